The quantitative estimate of drug-likeness (QED) is 0.193. The molecule has 1 unspecified atom stereocenters. The van der Waals surface area contributed by atoms with Gasteiger partial charge in [-0.05, 0) is 13.3 Å². The molecular formula is C20H41NO2S. The van der Waals surface area contributed by atoms with E-state index in [0.717, 1.165) is 12.8 Å². The molecule has 0 spiro atoms. The predicted octanol–water partition coefficient (Wildman–Crippen LogP) is 5.88. The molecule has 0 saturated carbocycles. The molecule has 0 heterocycles. The smallest absolute Gasteiger partial charge is 0.220 e. The fraction of sp³-hybridized carbons (Fsp3) is 0.950. The summed E-state index contributed by atoms with van der Waals surface area (Å²) in [5.74, 6) is 0.107. The van der Waals surface area contributed by atoms with Crippen LogP contribution in [0.2, 0.25) is 0 Å². The normalized spacial score (nSPS) is 13.7. The number of unbranched alkanes of at least 4 members (excludes halogenated alkanes) is 12. The Labute approximate surface area is 156 Å². The number of amides is 1. The second-order valence-electron chi connectivity index (χ2n) is 7.15. The Balaban J connectivity index is 3.23. The molecule has 24 heavy (non-hydrogen) atoms. The minimum atomic E-state index is -0.578. The van der Waals surface area contributed by atoms with Crippen molar-refractivity contribution < 1.29 is 9.53 Å². The van der Waals surface area contributed by atoms with E-state index in [2.05, 4.69) is 24.9 Å². The molecule has 0 aliphatic heterocycles. The van der Waals surface area contributed by atoms with Crippen LogP contribution in [-0.4, -0.2) is 24.5 Å². The van der Waals surface area contributed by atoms with E-state index in [1.54, 1.807) is 7.11 Å². The van der Waals surface area contributed by atoms with Gasteiger partial charge < -0.3 is 10.1 Å². The average molecular weight is 360 g/mol. The van der Waals surface area contributed by atoms with Gasteiger partial charge in [-0.25, -0.2) is 0 Å². The van der Waals surface area contributed by atoms with Gasteiger partial charge in [0.2, 0.25) is 5.91 Å². The van der Waals surface area contributed by atoms with E-state index in [0.29, 0.717) is 13.0 Å². The van der Waals surface area contributed by atoms with E-state index in [-0.39, 0.29) is 5.91 Å². The summed E-state index contributed by atoms with van der Waals surface area (Å²) in [6.07, 6.45) is 17.9. The van der Waals surface area contributed by atoms with Crippen LogP contribution in [0.5, 0.6) is 0 Å². The molecule has 0 radical (unpaired) electrons. The number of rotatable bonds is 17. The standard InChI is InChI=1S/C20H41NO2S/c1-4-5-6-7-8-9-10-11-12-13-14-15-16-17-19(22)21-18-20(2,24)23-3/h24H,4-18H2,1-3H3,(H,21,22). The molecule has 3 nitrogen and oxygen atoms in total. The van der Waals surface area contributed by atoms with Crippen molar-refractivity contribution >= 4 is 18.5 Å². The lowest BCUT2D eigenvalue weighted by Crippen LogP contribution is -2.37. The molecular weight excluding hydrogens is 318 g/mol. The van der Waals surface area contributed by atoms with Crippen molar-refractivity contribution in [3.8, 4) is 0 Å². The minimum Gasteiger partial charge on any atom is -0.366 e. The third-order valence-corrected chi connectivity index (χ3v) is 4.90. The average Bonchev–Trinajstić information content (AvgIpc) is 2.57. The summed E-state index contributed by atoms with van der Waals surface area (Å²) in [6.45, 7) is 4.57. The molecule has 4 heteroatoms. The first-order valence-electron chi connectivity index (χ1n) is 10.1. The highest BCUT2D eigenvalue weighted by Gasteiger charge is 2.18. The highest BCUT2D eigenvalue weighted by molar-refractivity contribution is 7.81. The van der Waals surface area contributed by atoms with Gasteiger partial charge in [-0.3, -0.25) is 4.79 Å². The molecule has 144 valence electrons. The number of carbonyl (C=O) groups excluding carboxylic acids is 1. The van der Waals surface area contributed by atoms with Crippen LogP contribution >= 0.6 is 12.6 Å². The van der Waals surface area contributed by atoms with Gasteiger partial charge in [0.15, 0.2) is 0 Å². The van der Waals surface area contributed by atoms with Crippen molar-refractivity contribution in [2.45, 2.75) is 109 Å². The lowest BCUT2D eigenvalue weighted by atomic mass is 10.0. The van der Waals surface area contributed by atoms with Crippen molar-refractivity contribution in [1.29, 1.82) is 0 Å². The minimum absolute atomic E-state index is 0.107. The third kappa shape index (κ3) is 16.6. The van der Waals surface area contributed by atoms with Crippen LogP contribution in [0.3, 0.4) is 0 Å². The SMILES string of the molecule is CCCCCCCCCCCCCCCC(=O)NCC(C)(S)OC. The van der Waals surface area contributed by atoms with E-state index < -0.39 is 4.93 Å². The van der Waals surface area contributed by atoms with Crippen molar-refractivity contribution in [3.63, 3.8) is 0 Å². The van der Waals surface area contributed by atoms with Crippen LogP contribution in [0.4, 0.5) is 0 Å². The number of ether oxygens (including phenoxy) is 1. The zero-order chi connectivity index (χ0) is 18.1. The van der Waals surface area contributed by atoms with Crippen molar-refractivity contribution in [2.24, 2.45) is 0 Å². The van der Waals surface area contributed by atoms with E-state index in [9.17, 15) is 4.79 Å². The molecule has 1 N–H and O–H groups in total. The molecule has 0 rings (SSSR count). The summed E-state index contributed by atoms with van der Waals surface area (Å²) in [5.41, 5.74) is 0. The molecule has 0 aromatic carbocycles. The summed E-state index contributed by atoms with van der Waals surface area (Å²) in [4.78, 5) is 11.1. The first kappa shape index (κ1) is 23.8. The summed E-state index contributed by atoms with van der Waals surface area (Å²) in [7, 11) is 1.60. The van der Waals surface area contributed by atoms with Gasteiger partial charge in [0.05, 0.1) is 6.54 Å². The fourth-order valence-electron chi connectivity index (χ4n) is 2.73. The molecule has 1 amide bonds. The summed E-state index contributed by atoms with van der Waals surface area (Å²) < 4.78 is 5.16. The van der Waals surface area contributed by atoms with Crippen LogP contribution in [0.15, 0.2) is 0 Å². The van der Waals surface area contributed by atoms with E-state index in [1.807, 2.05) is 6.92 Å². The number of hydrogen-bond donors (Lipinski definition) is 2. The van der Waals surface area contributed by atoms with Gasteiger partial charge in [-0.1, -0.05) is 84.0 Å². The second kappa shape index (κ2) is 16.3. The van der Waals surface area contributed by atoms with Crippen LogP contribution in [0.25, 0.3) is 0 Å². The lowest BCUT2D eigenvalue weighted by molar-refractivity contribution is -0.121. The number of nitrogens with one attached hydrogen (secondary N) is 1. The maximum atomic E-state index is 11.7. The maximum absolute atomic E-state index is 11.7. The molecule has 0 fully saturated rings. The van der Waals surface area contributed by atoms with E-state index >= 15 is 0 Å². The summed E-state index contributed by atoms with van der Waals surface area (Å²) in [6, 6.07) is 0. The molecule has 0 aliphatic carbocycles. The summed E-state index contributed by atoms with van der Waals surface area (Å²) in [5, 5.41) is 2.88. The Morgan fingerprint density at radius 1 is 0.875 bits per heavy atom. The molecule has 0 aliphatic rings. The number of thiol groups is 1. The largest absolute Gasteiger partial charge is 0.366 e. The van der Waals surface area contributed by atoms with E-state index in [1.165, 1.54) is 70.6 Å². The molecule has 0 saturated heterocycles. The third-order valence-electron chi connectivity index (χ3n) is 4.56. The van der Waals surface area contributed by atoms with Crippen molar-refractivity contribution in [3.05, 3.63) is 0 Å². The Kier molecular flexibility index (Phi) is 16.1. The Hall–Kier alpha value is -0.220. The van der Waals surface area contributed by atoms with Crippen molar-refractivity contribution in [1.82, 2.24) is 5.32 Å². The predicted molar refractivity (Wildman–Crippen MR) is 108 cm³/mol. The van der Waals surface area contributed by atoms with Crippen LogP contribution in [-0.2, 0) is 9.53 Å². The van der Waals surface area contributed by atoms with Gasteiger partial charge in [-0.15, -0.1) is 12.6 Å². The molecule has 0 aromatic heterocycles. The number of carbonyl (C=O) groups is 1. The van der Waals surface area contributed by atoms with Gasteiger partial charge >= 0.3 is 0 Å². The monoisotopic (exact) mass is 359 g/mol. The van der Waals surface area contributed by atoms with Crippen molar-refractivity contribution in [2.75, 3.05) is 13.7 Å². The lowest BCUT2D eigenvalue weighted by Gasteiger charge is -2.21. The van der Waals surface area contributed by atoms with Crippen LogP contribution in [0.1, 0.15) is 104 Å². The first-order chi connectivity index (χ1) is 11.5. The zero-order valence-corrected chi connectivity index (χ0v) is 17.3. The Morgan fingerprint density at radius 3 is 1.71 bits per heavy atom. The van der Waals surface area contributed by atoms with Gasteiger partial charge in [0.1, 0.15) is 4.93 Å². The number of methoxy groups -OCH3 is 1. The maximum Gasteiger partial charge on any atom is 0.220 e. The van der Waals surface area contributed by atoms with Gasteiger partial charge in [0, 0.05) is 13.5 Å². The second-order valence-corrected chi connectivity index (χ2v) is 8.09. The topological polar surface area (TPSA) is 38.3 Å². The van der Waals surface area contributed by atoms with E-state index in [4.69, 9.17) is 4.74 Å². The number of hydrogen-bond acceptors (Lipinski definition) is 3. The van der Waals surface area contributed by atoms with Crippen LogP contribution in [0, 0.1) is 0 Å². The first-order valence-corrected chi connectivity index (χ1v) is 10.5. The highest BCUT2D eigenvalue weighted by atomic mass is 32.1. The molecule has 0 aromatic rings. The molecule has 0 bridgehead atoms. The van der Waals surface area contributed by atoms with Crippen LogP contribution < -0.4 is 5.32 Å². The zero-order valence-electron chi connectivity index (χ0n) is 16.4. The molecule has 1 atom stereocenters. The summed E-state index contributed by atoms with van der Waals surface area (Å²) >= 11 is 4.32. The Morgan fingerprint density at radius 2 is 1.29 bits per heavy atom. The Bertz CT molecular complexity index is 295. The highest BCUT2D eigenvalue weighted by Crippen LogP contribution is 2.14. The van der Waals surface area contributed by atoms with Gasteiger partial charge in [0.25, 0.3) is 0 Å². The van der Waals surface area contributed by atoms with Gasteiger partial charge in [-0.2, -0.15) is 0 Å². The fourth-order valence-corrected chi connectivity index (χ4v) is 2.81.